The van der Waals surface area contributed by atoms with Crippen molar-refractivity contribution in [3.05, 3.63) is 94.6 Å². The first-order valence-corrected chi connectivity index (χ1v) is 16.9. The zero-order valence-electron chi connectivity index (χ0n) is 28.0. The number of hydrogen-bond donors (Lipinski definition) is 2. The number of aromatic nitrogens is 2. The second-order valence-corrected chi connectivity index (χ2v) is 12.6. The number of carbonyl (C=O) groups is 1. The maximum atomic E-state index is 13.6. The van der Waals surface area contributed by atoms with Gasteiger partial charge in [-0.15, -0.1) is 0 Å². The highest BCUT2D eigenvalue weighted by Gasteiger charge is 2.21. The van der Waals surface area contributed by atoms with Gasteiger partial charge in [-0.1, -0.05) is 59.6 Å². The number of benzene rings is 4. The highest BCUT2D eigenvalue weighted by molar-refractivity contribution is 6.40. The fourth-order valence-electron chi connectivity index (χ4n) is 5.56. The lowest BCUT2D eigenvalue weighted by atomic mass is 10.1. The van der Waals surface area contributed by atoms with E-state index in [-0.39, 0.29) is 33.1 Å². The average Bonchev–Trinajstić information content (AvgIpc) is 3.12. The maximum Gasteiger partial charge on any atom is 0.262 e. The highest BCUT2D eigenvalue weighted by Crippen LogP contribution is 2.41. The maximum absolute atomic E-state index is 13.6. The summed E-state index contributed by atoms with van der Waals surface area (Å²) >= 11 is 12.7. The highest BCUT2D eigenvalue weighted by atomic mass is 35.5. The first-order chi connectivity index (χ1) is 24.3. The molecule has 6 rings (SSSR count). The van der Waals surface area contributed by atoms with Crippen molar-refractivity contribution in [2.45, 2.75) is 6.42 Å². The monoisotopic (exact) mass is 716 g/mol. The molecule has 1 aromatic heterocycles. The number of hydrogen-bond acceptors (Lipinski definition) is 10. The SMILES string of the molecule is COc1cc(Nc2ncc(C(=O)Nc3c(Cl)cccc3Cl)c(Oc3ccc4ccccc4c3)n2)cc(OC)c1OCCCN1CCN(C)CC1. The number of methoxy groups -OCH3 is 2. The molecule has 0 radical (unpaired) electrons. The Hall–Kier alpha value is -4.81. The average molecular weight is 718 g/mol. The number of rotatable bonds is 13. The van der Waals surface area contributed by atoms with Gasteiger partial charge in [0, 0.05) is 56.7 Å². The van der Waals surface area contributed by atoms with Crippen LogP contribution in [0.5, 0.6) is 28.9 Å². The van der Waals surface area contributed by atoms with Crippen molar-refractivity contribution in [2.75, 3.05) is 71.2 Å². The van der Waals surface area contributed by atoms with E-state index < -0.39 is 5.91 Å². The molecule has 11 nitrogen and oxygen atoms in total. The quantitative estimate of drug-likeness (QED) is 0.117. The van der Waals surface area contributed by atoms with Crippen LogP contribution in [0.25, 0.3) is 10.8 Å². The van der Waals surface area contributed by atoms with Crippen LogP contribution in [-0.2, 0) is 0 Å². The summed E-state index contributed by atoms with van der Waals surface area (Å²) in [4.78, 5) is 27.4. The summed E-state index contributed by atoms with van der Waals surface area (Å²) < 4.78 is 23.8. The molecule has 50 heavy (non-hydrogen) atoms. The summed E-state index contributed by atoms with van der Waals surface area (Å²) in [6.45, 7) is 5.73. The number of nitrogens with one attached hydrogen (secondary N) is 2. The smallest absolute Gasteiger partial charge is 0.262 e. The van der Waals surface area contributed by atoms with Gasteiger partial charge in [0.25, 0.3) is 5.91 Å². The third-order valence-electron chi connectivity index (χ3n) is 8.31. The van der Waals surface area contributed by atoms with Crippen LogP contribution in [0.2, 0.25) is 10.0 Å². The van der Waals surface area contributed by atoms with E-state index in [1.807, 2.05) is 42.5 Å². The van der Waals surface area contributed by atoms with E-state index in [1.165, 1.54) is 6.20 Å². The number of anilines is 3. The molecule has 1 aliphatic rings. The number of carbonyl (C=O) groups excluding carboxylic acids is 1. The van der Waals surface area contributed by atoms with Gasteiger partial charge in [0.2, 0.25) is 17.6 Å². The van der Waals surface area contributed by atoms with Gasteiger partial charge < -0.3 is 39.4 Å². The van der Waals surface area contributed by atoms with Crippen LogP contribution in [0.3, 0.4) is 0 Å². The standard InChI is InChI=1S/C37H38Cl2N6O5/c1-44-15-17-45(18-16-44)14-7-19-49-34-31(47-2)21-26(22-32(34)48-3)41-37-40-23-28(35(46)42-33-29(38)10-6-11-30(33)39)36(43-37)50-27-13-12-24-8-4-5-9-25(24)20-27/h4-6,8-13,20-23H,7,14-19H2,1-3H3,(H,42,46)(H,40,41,43). The largest absolute Gasteiger partial charge is 0.493 e. The first kappa shape index (κ1) is 35.0. The normalized spacial score (nSPS) is 13.5. The topological polar surface area (TPSA) is 110 Å². The van der Waals surface area contributed by atoms with Crippen molar-refractivity contribution in [2.24, 2.45) is 0 Å². The molecule has 1 aliphatic heterocycles. The molecule has 0 unspecified atom stereocenters. The van der Waals surface area contributed by atoms with Gasteiger partial charge in [0.05, 0.1) is 36.6 Å². The molecule has 0 saturated carbocycles. The Bertz CT molecular complexity index is 1930. The lowest BCUT2D eigenvalue weighted by Crippen LogP contribution is -2.44. The molecule has 2 heterocycles. The molecule has 0 aliphatic carbocycles. The molecule has 13 heteroatoms. The van der Waals surface area contributed by atoms with Crippen molar-refractivity contribution >= 4 is 57.2 Å². The second kappa shape index (κ2) is 16.3. The van der Waals surface area contributed by atoms with Crippen molar-refractivity contribution in [1.29, 1.82) is 0 Å². The van der Waals surface area contributed by atoms with Gasteiger partial charge in [0.15, 0.2) is 11.5 Å². The Morgan fingerprint density at radius 1 is 0.880 bits per heavy atom. The van der Waals surface area contributed by atoms with Gasteiger partial charge in [-0.2, -0.15) is 4.98 Å². The molecule has 1 fully saturated rings. The minimum absolute atomic E-state index is 0.0118. The van der Waals surface area contributed by atoms with E-state index in [0.717, 1.165) is 49.9 Å². The fourth-order valence-corrected chi connectivity index (χ4v) is 6.05. The van der Waals surface area contributed by atoms with Crippen LogP contribution in [0, 0.1) is 0 Å². The van der Waals surface area contributed by atoms with Gasteiger partial charge in [-0.3, -0.25) is 4.79 Å². The third-order valence-corrected chi connectivity index (χ3v) is 8.94. The Labute approximate surface area is 301 Å². The Balaban J connectivity index is 1.24. The van der Waals surface area contributed by atoms with Crippen molar-refractivity contribution < 1.29 is 23.7 Å². The minimum Gasteiger partial charge on any atom is -0.493 e. The lowest BCUT2D eigenvalue weighted by molar-refractivity contribution is 0.102. The van der Waals surface area contributed by atoms with Crippen LogP contribution in [-0.4, -0.2) is 86.3 Å². The molecule has 0 spiro atoms. The summed E-state index contributed by atoms with van der Waals surface area (Å²) in [6, 6.07) is 22.0. The first-order valence-electron chi connectivity index (χ1n) is 16.2. The van der Waals surface area contributed by atoms with Crippen molar-refractivity contribution in [3.63, 3.8) is 0 Å². The van der Waals surface area contributed by atoms with Crippen LogP contribution in [0.1, 0.15) is 16.8 Å². The number of likely N-dealkylation sites (N-methyl/N-ethyl adjacent to an activating group) is 1. The summed E-state index contributed by atoms with van der Waals surface area (Å²) in [5, 5.41) is 8.52. The predicted octanol–water partition coefficient (Wildman–Crippen LogP) is 7.76. The molecule has 1 saturated heterocycles. The van der Waals surface area contributed by atoms with Gasteiger partial charge in [-0.25, -0.2) is 4.98 Å². The Morgan fingerprint density at radius 3 is 2.28 bits per heavy atom. The zero-order valence-corrected chi connectivity index (χ0v) is 29.6. The zero-order chi connectivity index (χ0) is 35.0. The summed E-state index contributed by atoms with van der Waals surface area (Å²) in [6.07, 6.45) is 2.24. The molecular formula is C37H38Cl2N6O5. The number of amides is 1. The van der Waals surface area contributed by atoms with E-state index in [0.29, 0.717) is 35.3 Å². The number of halogens is 2. The molecule has 0 bridgehead atoms. The molecular weight excluding hydrogens is 679 g/mol. The Kier molecular flexibility index (Phi) is 11.4. The number of fused-ring (bicyclic) bond motifs is 1. The van der Waals surface area contributed by atoms with Crippen LogP contribution in [0.15, 0.2) is 79.0 Å². The van der Waals surface area contributed by atoms with E-state index in [4.69, 9.17) is 42.1 Å². The second-order valence-electron chi connectivity index (χ2n) is 11.8. The molecule has 1 amide bonds. The van der Waals surface area contributed by atoms with Crippen LogP contribution >= 0.6 is 23.2 Å². The molecule has 0 atom stereocenters. The third kappa shape index (κ3) is 8.48. The molecule has 2 N–H and O–H groups in total. The lowest BCUT2D eigenvalue weighted by Gasteiger charge is -2.32. The van der Waals surface area contributed by atoms with Gasteiger partial charge in [-0.05, 0) is 48.5 Å². The van der Waals surface area contributed by atoms with Crippen LogP contribution in [0.4, 0.5) is 17.3 Å². The van der Waals surface area contributed by atoms with Gasteiger partial charge in [0.1, 0.15) is 11.3 Å². The van der Waals surface area contributed by atoms with Crippen molar-refractivity contribution in [1.82, 2.24) is 19.8 Å². The summed E-state index contributed by atoms with van der Waals surface area (Å²) in [5.74, 6) is 1.56. The number of piperazine rings is 1. The van der Waals surface area contributed by atoms with E-state index in [2.05, 4.69) is 37.4 Å². The van der Waals surface area contributed by atoms with E-state index in [9.17, 15) is 4.79 Å². The number of ether oxygens (including phenoxy) is 4. The summed E-state index contributed by atoms with van der Waals surface area (Å²) in [7, 11) is 5.29. The predicted molar refractivity (Wildman–Crippen MR) is 197 cm³/mol. The molecule has 5 aromatic rings. The summed E-state index contributed by atoms with van der Waals surface area (Å²) in [5.41, 5.74) is 0.899. The van der Waals surface area contributed by atoms with Crippen molar-refractivity contribution in [3.8, 4) is 28.9 Å². The molecule has 4 aromatic carbocycles. The van der Waals surface area contributed by atoms with Gasteiger partial charge >= 0.3 is 0 Å². The fraction of sp³-hybridized carbons (Fsp3) is 0.270. The number of nitrogens with zero attached hydrogens (tertiary/aromatic N) is 4. The number of para-hydroxylation sites is 1. The van der Waals surface area contributed by atoms with E-state index in [1.54, 1.807) is 44.6 Å². The van der Waals surface area contributed by atoms with E-state index >= 15 is 0 Å². The minimum atomic E-state index is -0.556. The Morgan fingerprint density at radius 2 is 1.58 bits per heavy atom. The molecule has 260 valence electrons. The van der Waals surface area contributed by atoms with Crippen LogP contribution < -0.4 is 29.6 Å².